The number of hydrogen-bond donors (Lipinski definition) is 3. The van der Waals surface area contributed by atoms with Crippen LogP contribution in [0.1, 0.15) is 33.0 Å². The van der Waals surface area contributed by atoms with E-state index in [2.05, 4.69) is 37.7 Å². The quantitative estimate of drug-likeness (QED) is 0.436. The first-order chi connectivity index (χ1) is 14.6. The number of para-hydroxylation sites is 1. The first kappa shape index (κ1) is 19.6. The third kappa shape index (κ3) is 4.66. The molecule has 0 unspecified atom stereocenters. The van der Waals surface area contributed by atoms with Crippen molar-refractivity contribution in [3.05, 3.63) is 89.0 Å². The highest BCUT2D eigenvalue weighted by Gasteiger charge is 2.11. The van der Waals surface area contributed by atoms with Crippen LogP contribution in [0.25, 0.3) is 10.9 Å². The predicted molar refractivity (Wildman–Crippen MR) is 120 cm³/mol. The highest BCUT2D eigenvalue weighted by atomic mass is 16.1. The molecule has 0 radical (unpaired) electrons. The number of aromatic nitrogens is 3. The van der Waals surface area contributed by atoms with Gasteiger partial charge in [-0.25, -0.2) is 9.97 Å². The van der Waals surface area contributed by atoms with Gasteiger partial charge in [-0.05, 0) is 37.5 Å². The minimum Gasteiger partial charge on any atom is -0.370 e. The van der Waals surface area contributed by atoms with Crippen molar-refractivity contribution in [1.82, 2.24) is 20.3 Å². The second kappa shape index (κ2) is 8.78. The van der Waals surface area contributed by atoms with Crippen LogP contribution >= 0.6 is 0 Å². The van der Waals surface area contributed by atoms with Gasteiger partial charge < -0.3 is 15.6 Å². The molecule has 6 nitrogen and oxygen atoms in total. The highest BCUT2D eigenvalue weighted by molar-refractivity contribution is 5.92. The first-order valence-corrected chi connectivity index (χ1v) is 10.1. The van der Waals surface area contributed by atoms with E-state index < -0.39 is 0 Å². The Bertz CT molecular complexity index is 1160. The summed E-state index contributed by atoms with van der Waals surface area (Å²) in [6.45, 7) is 5.01. The van der Waals surface area contributed by atoms with Crippen LogP contribution in [0.5, 0.6) is 0 Å². The average molecular weight is 399 g/mol. The van der Waals surface area contributed by atoms with Gasteiger partial charge in [0.2, 0.25) is 0 Å². The molecule has 0 spiro atoms. The molecule has 0 fully saturated rings. The molecule has 2 heterocycles. The number of nitrogens with one attached hydrogen (secondary N) is 3. The molecule has 3 N–H and O–H groups in total. The summed E-state index contributed by atoms with van der Waals surface area (Å²) >= 11 is 0. The van der Waals surface area contributed by atoms with Crippen LogP contribution in [0.4, 0.5) is 5.82 Å². The minimum atomic E-state index is -0.208. The van der Waals surface area contributed by atoms with Crippen LogP contribution in [0.3, 0.4) is 0 Å². The fraction of sp³-hybridized carbons (Fsp3) is 0.208. The monoisotopic (exact) mass is 399 g/mol. The number of hydrogen-bond acceptors (Lipinski definition) is 4. The van der Waals surface area contributed by atoms with Crippen molar-refractivity contribution in [2.45, 2.75) is 26.8 Å². The van der Waals surface area contributed by atoms with Crippen LogP contribution in [-0.4, -0.2) is 27.4 Å². The summed E-state index contributed by atoms with van der Waals surface area (Å²) in [7, 11) is 0. The van der Waals surface area contributed by atoms with Crippen molar-refractivity contribution in [1.29, 1.82) is 0 Å². The van der Waals surface area contributed by atoms with Gasteiger partial charge in [0.05, 0.1) is 0 Å². The Morgan fingerprint density at radius 3 is 2.67 bits per heavy atom. The average Bonchev–Trinajstić information content (AvgIpc) is 3.16. The third-order valence-electron chi connectivity index (χ3n) is 5.02. The number of benzene rings is 2. The molecule has 2 aromatic heterocycles. The number of carbonyl (C=O) groups is 1. The normalized spacial score (nSPS) is 10.9. The lowest BCUT2D eigenvalue weighted by Crippen LogP contribution is -2.24. The number of aryl methyl sites for hydroxylation is 2. The summed E-state index contributed by atoms with van der Waals surface area (Å²) in [5.41, 5.74) is 5.00. The number of rotatable bonds is 7. The van der Waals surface area contributed by atoms with Gasteiger partial charge in [0.25, 0.3) is 5.91 Å². The van der Waals surface area contributed by atoms with Crippen LogP contribution < -0.4 is 10.6 Å². The zero-order valence-corrected chi connectivity index (χ0v) is 17.2. The Morgan fingerprint density at radius 1 is 1.03 bits per heavy atom. The van der Waals surface area contributed by atoms with Gasteiger partial charge in [0.1, 0.15) is 17.3 Å². The van der Waals surface area contributed by atoms with Crippen molar-refractivity contribution < 1.29 is 4.79 Å². The molecule has 0 aliphatic carbocycles. The Morgan fingerprint density at radius 2 is 1.83 bits per heavy atom. The van der Waals surface area contributed by atoms with Gasteiger partial charge in [-0.3, -0.25) is 4.79 Å². The maximum atomic E-state index is 12.6. The maximum absolute atomic E-state index is 12.6. The van der Waals surface area contributed by atoms with E-state index in [1.54, 1.807) is 13.0 Å². The molecule has 0 atom stereocenters. The third-order valence-corrected chi connectivity index (χ3v) is 5.02. The molecule has 2 aromatic carbocycles. The molecule has 30 heavy (non-hydrogen) atoms. The van der Waals surface area contributed by atoms with Crippen LogP contribution in [0.2, 0.25) is 0 Å². The number of amides is 1. The first-order valence-electron chi connectivity index (χ1n) is 10.1. The minimum absolute atomic E-state index is 0.208. The molecule has 0 aliphatic rings. The fourth-order valence-corrected chi connectivity index (χ4v) is 3.42. The molecule has 6 heteroatoms. The second-order valence-electron chi connectivity index (χ2n) is 7.39. The molecule has 4 aromatic rings. The summed E-state index contributed by atoms with van der Waals surface area (Å²) in [6, 6.07) is 18.0. The molecule has 0 saturated carbocycles. The molecular weight excluding hydrogens is 374 g/mol. The van der Waals surface area contributed by atoms with E-state index in [0.29, 0.717) is 30.4 Å². The van der Waals surface area contributed by atoms with E-state index in [0.717, 1.165) is 17.5 Å². The van der Waals surface area contributed by atoms with E-state index in [1.807, 2.05) is 49.5 Å². The van der Waals surface area contributed by atoms with E-state index in [-0.39, 0.29) is 5.91 Å². The molecule has 4 rings (SSSR count). The zero-order valence-electron chi connectivity index (χ0n) is 17.2. The lowest BCUT2D eigenvalue weighted by molar-refractivity contribution is 0.0945. The van der Waals surface area contributed by atoms with Gasteiger partial charge in [0, 0.05) is 36.3 Å². The summed E-state index contributed by atoms with van der Waals surface area (Å²) in [5.74, 6) is 1.01. The van der Waals surface area contributed by atoms with Gasteiger partial charge in [-0.15, -0.1) is 0 Å². The lowest BCUT2D eigenvalue weighted by Gasteiger charge is -2.09. The second-order valence-corrected chi connectivity index (χ2v) is 7.39. The van der Waals surface area contributed by atoms with E-state index in [9.17, 15) is 4.79 Å². The number of anilines is 1. The Balaban J connectivity index is 1.37. The standard InChI is InChI=1S/C24H25N5O/c1-16-7-9-18(10-8-16)14-27-24(30)22-13-23(29-17(2)28-22)25-12-11-19-15-26-21-6-4-3-5-20(19)21/h3-10,13,15,26H,11-12,14H2,1-2H3,(H,27,30)(H,25,28,29). The Kier molecular flexibility index (Phi) is 5.75. The van der Waals surface area contributed by atoms with Gasteiger partial charge in [-0.1, -0.05) is 48.0 Å². The molecule has 0 bridgehead atoms. The van der Waals surface area contributed by atoms with Gasteiger partial charge >= 0.3 is 0 Å². The summed E-state index contributed by atoms with van der Waals surface area (Å²) < 4.78 is 0. The van der Waals surface area contributed by atoms with E-state index in [1.165, 1.54) is 16.5 Å². The number of H-pyrrole nitrogens is 1. The number of nitrogens with zero attached hydrogens (tertiary/aromatic N) is 2. The molecule has 1 amide bonds. The van der Waals surface area contributed by atoms with Crippen molar-refractivity contribution in [2.24, 2.45) is 0 Å². The largest absolute Gasteiger partial charge is 0.370 e. The van der Waals surface area contributed by atoms with Crippen molar-refractivity contribution >= 4 is 22.6 Å². The van der Waals surface area contributed by atoms with Crippen molar-refractivity contribution in [3.63, 3.8) is 0 Å². The van der Waals surface area contributed by atoms with Gasteiger partial charge in [-0.2, -0.15) is 0 Å². The number of carbonyl (C=O) groups excluding carboxylic acids is 1. The Hall–Kier alpha value is -3.67. The van der Waals surface area contributed by atoms with Crippen LogP contribution in [0, 0.1) is 13.8 Å². The highest BCUT2D eigenvalue weighted by Crippen LogP contribution is 2.18. The Labute approximate surface area is 175 Å². The summed E-state index contributed by atoms with van der Waals surface area (Å²) in [5, 5.41) is 7.48. The molecular formula is C24H25N5O. The maximum Gasteiger partial charge on any atom is 0.270 e. The smallest absolute Gasteiger partial charge is 0.270 e. The summed E-state index contributed by atoms with van der Waals surface area (Å²) in [4.78, 5) is 24.6. The fourth-order valence-electron chi connectivity index (χ4n) is 3.42. The SMILES string of the molecule is Cc1ccc(CNC(=O)c2cc(NCCc3c[nH]c4ccccc34)nc(C)n2)cc1. The molecule has 152 valence electrons. The number of fused-ring (bicyclic) bond motifs is 1. The van der Waals surface area contributed by atoms with Crippen LogP contribution in [-0.2, 0) is 13.0 Å². The van der Waals surface area contributed by atoms with Crippen LogP contribution in [0.15, 0.2) is 60.8 Å². The predicted octanol–water partition coefficient (Wildman–Crippen LogP) is 4.16. The number of aromatic amines is 1. The lowest BCUT2D eigenvalue weighted by atomic mass is 10.1. The molecule has 0 aliphatic heterocycles. The van der Waals surface area contributed by atoms with Gasteiger partial charge in [0.15, 0.2) is 0 Å². The summed E-state index contributed by atoms with van der Waals surface area (Å²) in [6.07, 6.45) is 2.89. The molecule has 0 saturated heterocycles. The topological polar surface area (TPSA) is 82.7 Å². The van der Waals surface area contributed by atoms with E-state index in [4.69, 9.17) is 0 Å². The van der Waals surface area contributed by atoms with Crippen molar-refractivity contribution in [2.75, 3.05) is 11.9 Å². The zero-order chi connectivity index (χ0) is 20.9. The van der Waals surface area contributed by atoms with E-state index >= 15 is 0 Å². The van der Waals surface area contributed by atoms with Crippen molar-refractivity contribution in [3.8, 4) is 0 Å².